The molecule has 0 aliphatic carbocycles. The molecule has 516 valence electrons. The third kappa shape index (κ3) is 17.4. The van der Waals surface area contributed by atoms with E-state index in [0.29, 0.717) is 35.7 Å². The zero-order chi connectivity index (χ0) is 68.9. The molecule has 27 heteroatoms. The summed E-state index contributed by atoms with van der Waals surface area (Å²) in [4.78, 5) is 125. The number of esters is 2. The Morgan fingerprint density at radius 3 is 1.33 bits per heavy atom. The zero-order valence-electron chi connectivity index (χ0n) is 54.7. The van der Waals surface area contributed by atoms with Gasteiger partial charge in [0.05, 0.1) is 69.1 Å². The van der Waals surface area contributed by atoms with Crippen LogP contribution in [0.15, 0.2) is 110 Å². The van der Waals surface area contributed by atoms with Crippen molar-refractivity contribution in [2.75, 3.05) is 142 Å². The van der Waals surface area contributed by atoms with E-state index in [2.05, 4.69) is 117 Å². The van der Waals surface area contributed by atoms with E-state index >= 15 is 0 Å². The van der Waals surface area contributed by atoms with Crippen LogP contribution in [-0.2, 0) is 80.2 Å². The topological polar surface area (TPSA) is 272 Å². The number of rotatable bonds is 31. The van der Waals surface area contributed by atoms with Gasteiger partial charge in [-0.1, -0.05) is 99.9 Å². The van der Waals surface area contributed by atoms with Gasteiger partial charge in [-0.05, 0) is 87.0 Å². The minimum atomic E-state index is -0.785. The van der Waals surface area contributed by atoms with Crippen LogP contribution in [0.3, 0.4) is 0 Å². The lowest BCUT2D eigenvalue weighted by molar-refractivity contribution is -1.08. The van der Waals surface area contributed by atoms with E-state index in [0.717, 1.165) is 123 Å². The Morgan fingerprint density at radius 1 is 0.579 bits per heavy atom. The van der Waals surface area contributed by atoms with E-state index in [9.17, 15) is 38.4 Å². The number of ether oxygens (including phenoxy) is 4. The van der Waals surface area contributed by atoms with E-state index in [1.807, 2.05) is 32.0 Å². The molecule has 0 saturated carbocycles. The average Bonchev–Trinajstić information content (AvgIpc) is 1.57. The summed E-state index contributed by atoms with van der Waals surface area (Å²) in [7, 11) is 0. The summed E-state index contributed by atoms with van der Waals surface area (Å²) < 4.78 is 28.9. The predicted octanol–water partition coefficient (Wildman–Crippen LogP) is 5.14. The van der Waals surface area contributed by atoms with Crippen LogP contribution < -0.4 is 20.9 Å². The fourth-order valence-corrected chi connectivity index (χ4v) is 16.5. The number of benzene rings is 2. The molecule has 10 heterocycles. The normalized spacial score (nSPS) is 27.1. The fourth-order valence-electron chi connectivity index (χ4n) is 14.4. The molecular formula is C68H90I3N8O16+3. The van der Waals surface area contributed by atoms with E-state index in [4.69, 9.17) is 50.0 Å². The van der Waals surface area contributed by atoms with Crippen molar-refractivity contribution in [1.29, 1.82) is 0 Å². The highest BCUT2D eigenvalue weighted by molar-refractivity contribution is 14.1. The Hall–Kier alpha value is -5.81. The fraction of sp³-hybridized carbons (Fsp3) is 0.529. The van der Waals surface area contributed by atoms with Gasteiger partial charge in [-0.15, -0.1) is 13.2 Å². The molecule has 95 heavy (non-hydrogen) atoms. The van der Waals surface area contributed by atoms with Crippen LogP contribution in [0.25, 0.3) is 0 Å². The second-order valence-electron chi connectivity index (χ2n) is 25.7. The average molecular weight is 1660 g/mol. The summed E-state index contributed by atoms with van der Waals surface area (Å²) in [6.45, 7) is 36.6. The standard InChI is InChI=1S/C34H44IN4O8.C26H29I2NO7.C8H15N3O/c1-5-17-44-34(43)31-25(22(3)30-29(32(41)37(30)31)23(4)33(42)47-46-18-6-2)21-45-27-8-7-24(19-26(27)35)9-10-38-11-14-39(15-12-38,16-13-38)20-28(36)40;1-5-11-33-26(32)23-18(14-34-20-8-7-17(9-10-27)13-19(20)28)15(3)22-21(24(30)29(22)23)16(4)25(31)36-35-12-6-2;9-8(12)7-11-4-1-10(2-5-11)3-6-11/h5-8,19,22-23,29-30H,1-2,9-18,20-21H2,3-4H3,(H-,36,40);5-8,13,15-16,21-22H,1-2,9-12,14H2,3-4H3;1-7H2,(H-,9,12)/q+1;;/p+2/t22-,23?,29?,30?,38?,39?;15-,16?,21?,22?;/m00./s1. The number of hydrogen-bond acceptors (Lipinski definition) is 17. The number of alkyl halides is 1. The number of piperazine rings is 6. The number of β-lactam (4-membered cyclic amide) rings is 2. The monoisotopic (exact) mass is 1660 g/mol. The summed E-state index contributed by atoms with van der Waals surface area (Å²) in [6, 6.07) is 11.4. The molecule has 0 spiro atoms. The molecule has 0 radical (unpaired) electrons. The van der Waals surface area contributed by atoms with Crippen molar-refractivity contribution in [3.63, 3.8) is 0 Å². The Labute approximate surface area is 596 Å². The summed E-state index contributed by atoms with van der Waals surface area (Å²) >= 11 is 6.84. The number of carbonyl (C=O) groups excluding carboxylic acids is 8. The van der Waals surface area contributed by atoms with Gasteiger partial charge in [-0.3, -0.25) is 33.9 Å². The van der Waals surface area contributed by atoms with Gasteiger partial charge >= 0.3 is 23.9 Å². The molecule has 2 aromatic rings. The molecular weight excluding hydrogens is 1570 g/mol. The quantitative estimate of drug-likeness (QED) is 0.0114. The molecule has 24 nitrogen and oxygen atoms in total. The first-order chi connectivity index (χ1) is 45.4. The van der Waals surface area contributed by atoms with Crippen molar-refractivity contribution in [3.05, 3.63) is 128 Å². The van der Waals surface area contributed by atoms with Crippen molar-refractivity contribution < 1.29 is 90.3 Å². The van der Waals surface area contributed by atoms with Crippen LogP contribution in [0.5, 0.6) is 11.5 Å². The first kappa shape index (κ1) is 75.0. The largest absolute Gasteiger partial charge is 0.488 e. The minimum Gasteiger partial charge on any atom is -0.488 e. The summed E-state index contributed by atoms with van der Waals surface area (Å²) in [5.74, 6) is -5.63. The third-order valence-electron chi connectivity index (χ3n) is 19.9. The predicted molar refractivity (Wildman–Crippen MR) is 375 cm³/mol. The number of carbonyl (C=O) groups is 8. The van der Waals surface area contributed by atoms with Crippen LogP contribution in [0.4, 0.5) is 0 Å². The first-order valence-corrected chi connectivity index (χ1v) is 35.9. The van der Waals surface area contributed by atoms with Crippen LogP contribution >= 0.6 is 67.8 Å². The second-order valence-corrected chi connectivity index (χ2v) is 29.1. The Bertz CT molecular complexity index is 3300. The molecule has 6 unspecified atom stereocenters. The molecule has 8 atom stereocenters. The Balaban J connectivity index is 0.000000211. The van der Waals surface area contributed by atoms with Crippen molar-refractivity contribution in [2.45, 2.75) is 52.6 Å². The van der Waals surface area contributed by atoms with Crippen LogP contribution in [0, 0.1) is 42.6 Å². The number of aryl methyl sites for hydroxylation is 1. The molecule has 4 bridgehead atoms. The maximum atomic E-state index is 13.4. The van der Waals surface area contributed by atoms with Gasteiger partial charge in [0.1, 0.15) is 102 Å². The highest BCUT2D eigenvalue weighted by atomic mass is 127. The van der Waals surface area contributed by atoms with Crippen molar-refractivity contribution >= 4 is 115 Å². The van der Waals surface area contributed by atoms with E-state index in [1.54, 1.807) is 13.8 Å². The highest BCUT2D eigenvalue weighted by Gasteiger charge is 2.63. The molecule has 4 amide bonds. The van der Waals surface area contributed by atoms with Crippen molar-refractivity contribution in [1.82, 2.24) is 14.7 Å². The number of primary amides is 2. The van der Waals surface area contributed by atoms with E-state index in [1.165, 1.54) is 45.2 Å². The number of nitrogens with two attached hydrogens (primary N) is 2. The molecule has 0 aromatic heterocycles. The SMILES string of the molecule is C=CCOOC(=O)C(C)C1C(=O)N2C(C(=O)OCC=C)=C(COc3ccc(CCI)cc3I)[C@H](C)C12.C=CCOOC(=O)C(C)C1C(=O)N2C(C(=O)OCC=C)=C(COc3ccc(CC[N+]45CC[N+](CC(N)=O)(CC4)CC5)cc3I)[C@H](C)C12.NC(=O)C[N+]12CCN(CC1)CC2. The molecule has 12 rings (SSSR count). The van der Waals surface area contributed by atoms with Gasteiger partial charge < -0.3 is 53.7 Å². The van der Waals surface area contributed by atoms with E-state index < -0.39 is 59.6 Å². The van der Waals surface area contributed by atoms with Gasteiger partial charge in [0.15, 0.2) is 13.1 Å². The molecule has 2 aromatic carbocycles. The lowest BCUT2D eigenvalue weighted by atomic mass is 9.74. The smallest absolute Gasteiger partial charge is 0.355 e. The lowest BCUT2D eigenvalue weighted by Crippen LogP contribution is -2.76. The highest BCUT2D eigenvalue weighted by Crippen LogP contribution is 2.51. The van der Waals surface area contributed by atoms with Gasteiger partial charge in [0.25, 0.3) is 11.8 Å². The maximum absolute atomic E-state index is 13.4. The lowest BCUT2D eigenvalue weighted by Gasteiger charge is -2.55. The van der Waals surface area contributed by atoms with Gasteiger partial charge in [-0.2, -0.15) is 9.78 Å². The third-order valence-corrected chi connectivity index (χ3v) is 22.2. The molecule has 4 N–H and O–H groups in total. The van der Waals surface area contributed by atoms with Crippen LogP contribution in [0.1, 0.15) is 38.8 Å². The molecule has 10 aliphatic rings. The van der Waals surface area contributed by atoms with E-state index in [-0.39, 0.29) is 86.5 Å². The molecule has 10 aliphatic heterocycles. The number of quaternary nitrogens is 3. The van der Waals surface area contributed by atoms with Crippen LogP contribution in [-0.4, -0.2) is 230 Å². The molecule has 8 fully saturated rings. The van der Waals surface area contributed by atoms with Gasteiger partial charge in [0, 0.05) is 53.5 Å². The zero-order valence-corrected chi connectivity index (χ0v) is 61.2. The number of fused-ring (bicyclic) bond motifs is 8. The maximum Gasteiger partial charge on any atom is 0.355 e. The summed E-state index contributed by atoms with van der Waals surface area (Å²) in [5, 5.41) is 0. The van der Waals surface area contributed by atoms with Crippen molar-refractivity contribution in [2.24, 2.45) is 47.0 Å². The summed E-state index contributed by atoms with van der Waals surface area (Å²) in [6.07, 6.45) is 7.73. The number of nitrogens with zero attached hydrogens (tertiary/aromatic N) is 6. The Kier molecular flexibility index (Phi) is 26.5. The van der Waals surface area contributed by atoms with Crippen molar-refractivity contribution in [3.8, 4) is 11.5 Å². The van der Waals surface area contributed by atoms with Gasteiger partial charge in [-0.25, -0.2) is 19.2 Å². The summed E-state index contributed by atoms with van der Waals surface area (Å²) in [5.41, 5.74) is 14.8. The minimum absolute atomic E-state index is 0.00289. The van der Waals surface area contributed by atoms with Crippen LogP contribution in [0.2, 0.25) is 0 Å². The molecule has 8 saturated heterocycles. The number of hydrogen-bond donors (Lipinski definition) is 2. The second kappa shape index (κ2) is 33.6. The Morgan fingerprint density at radius 2 is 0.958 bits per heavy atom. The first-order valence-electron chi connectivity index (χ1n) is 32.2. The number of halogens is 3. The van der Waals surface area contributed by atoms with Gasteiger partial charge in [0.2, 0.25) is 11.8 Å². The number of amides is 4.